The average Bonchev–Trinajstić information content (AvgIpc) is 2.31. The first-order valence-electron chi connectivity index (χ1n) is 6.34. The van der Waals surface area contributed by atoms with Gasteiger partial charge in [-0.1, -0.05) is 0 Å². The highest BCUT2D eigenvalue weighted by atomic mass is 16.5. The predicted octanol–water partition coefficient (Wildman–Crippen LogP) is 1.10. The molecule has 1 atom stereocenters. The Morgan fingerprint density at radius 3 is 2.67 bits per heavy atom. The highest BCUT2D eigenvalue weighted by Gasteiger charge is 2.22. The molecule has 3 heteroatoms. The van der Waals surface area contributed by atoms with E-state index in [0.717, 1.165) is 5.92 Å². The van der Waals surface area contributed by atoms with Crippen molar-refractivity contribution in [2.24, 2.45) is 5.92 Å². The molecule has 0 aromatic carbocycles. The fraction of sp³-hybridized carbons (Fsp3) is 1.00. The van der Waals surface area contributed by atoms with Crippen LogP contribution in [0.4, 0.5) is 0 Å². The molecule has 0 radical (unpaired) electrons. The molecule has 2 heterocycles. The number of ether oxygens (including phenoxy) is 1. The average molecular weight is 212 g/mol. The van der Waals surface area contributed by atoms with Crippen LogP contribution in [0.2, 0.25) is 0 Å². The number of methoxy groups -OCH3 is 1. The van der Waals surface area contributed by atoms with Crippen molar-refractivity contribution in [3.8, 4) is 0 Å². The summed E-state index contributed by atoms with van der Waals surface area (Å²) >= 11 is 0. The van der Waals surface area contributed by atoms with Gasteiger partial charge in [-0.25, -0.2) is 0 Å². The van der Waals surface area contributed by atoms with Gasteiger partial charge in [0.1, 0.15) is 0 Å². The number of hydrogen-bond donors (Lipinski definition) is 1. The van der Waals surface area contributed by atoms with Crippen molar-refractivity contribution in [3.63, 3.8) is 0 Å². The standard InChI is InChI=1S/C12H24N2O/c1-15-12-4-7-14(8-5-12)10-11-3-2-6-13-9-11/h11-13H,2-10H2,1H3. The highest BCUT2D eigenvalue weighted by molar-refractivity contribution is 4.77. The third-order valence-corrected chi connectivity index (χ3v) is 3.78. The molecule has 0 aromatic rings. The summed E-state index contributed by atoms with van der Waals surface area (Å²) in [5.74, 6) is 0.887. The van der Waals surface area contributed by atoms with Crippen LogP contribution in [0.15, 0.2) is 0 Å². The van der Waals surface area contributed by atoms with E-state index in [1.54, 1.807) is 0 Å². The highest BCUT2D eigenvalue weighted by Crippen LogP contribution is 2.17. The van der Waals surface area contributed by atoms with Crippen molar-refractivity contribution < 1.29 is 4.74 Å². The smallest absolute Gasteiger partial charge is 0.0595 e. The van der Waals surface area contributed by atoms with E-state index in [-0.39, 0.29) is 0 Å². The Balaban J connectivity index is 1.67. The number of rotatable bonds is 3. The quantitative estimate of drug-likeness (QED) is 0.758. The second kappa shape index (κ2) is 5.83. The van der Waals surface area contributed by atoms with Crippen LogP contribution in [-0.2, 0) is 4.74 Å². The van der Waals surface area contributed by atoms with Gasteiger partial charge >= 0.3 is 0 Å². The molecule has 2 fully saturated rings. The van der Waals surface area contributed by atoms with E-state index in [1.165, 1.54) is 58.4 Å². The van der Waals surface area contributed by atoms with Gasteiger partial charge in [0.25, 0.3) is 0 Å². The summed E-state index contributed by atoms with van der Waals surface area (Å²) in [7, 11) is 1.84. The second-order valence-corrected chi connectivity index (χ2v) is 4.95. The van der Waals surface area contributed by atoms with Crippen molar-refractivity contribution in [1.82, 2.24) is 10.2 Å². The third kappa shape index (κ3) is 3.44. The largest absolute Gasteiger partial charge is 0.381 e. The molecule has 2 saturated heterocycles. The molecule has 0 aliphatic carbocycles. The first-order chi connectivity index (χ1) is 7.38. The Morgan fingerprint density at radius 1 is 1.27 bits per heavy atom. The summed E-state index contributed by atoms with van der Waals surface area (Å²) in [5.41, 5.74) is 0. The van der Waals surface area contributed by atoms with Gasteiger partial charge in [-0.15, -0.1) is 0 Å². The molecule has 3 nitrogen and oxygen atoms in total. The lowest BCUT2D eigenvalue weighted by atomic mass is 9.97. The van der Waals surface area contributed by atoms with Gasteiger partial charge in [0.05, 0.1) is 6.10 Å². The van der Waals surface area contributed by atoms with E-state index in [9.17, 15) is 0 Å². The summed E-state index contributed by atoms with van der Waals surface area (Å²) < 4.78 is 5.39. The minimum absolute atomic E-state index is 0.519. The van der Waals surface area contributed by atoms with Gasteiger partial charge in [0.15, 0.2) is 0 Å². The normalized spacial score (nSPS) is 30.6. The molecule has 88 valence electrons. The van der Waals surface area contributed by atoms with E-state index in [1.807, 2.05) is 7.11 Å². The topological polar surface area (TPSA) is 24.5 Å². The first-order valence-corrected chi connectivity index (χ1v) is 6.34. The molecule has 0 bridgehead atoms. The minimum atomic E-state index is 0.519. The summed E-state index contributed by atoms with van der Waals surface area (Å²) in [4.78, 5) is 2.62. The first kappa shape index (κ1) is 11.4. The number of hydrogen-bond acceptors (Lipinski definition) is 3. The van der Waals surface area contributed by atoms with Crippen molar-refractivity contribution in [3.05, 3.63) is 0 Å². The molecule has 2 rings (SSSR count). The summed E-state index contributed by atoms with van der Waals surface area (Å²) in [6, 6.07) is 0. The molecule has 0 aromatic heterocycles. The maximum atomic E-state index is 5.39. The fourth-order valence-electron chi connectivity index (χ4n) is 2.77. The van der Waals surface area contributed by atoms with Crippen LogP contribution in [0.25, 0.3) is 0 Å². The molecule has 1 unspecified atom stereocenters. The summed E-state index contributed by atoms with van der Waals surface area (Å²) in [5, 5.41) is 3.49. The van der Waals surface area contributed by atoms with Gasteiger partial charge in [-0.2, -0.15) is 0 Å². The fourth-order valence-corrected chi connectivity index (χ4v) is 2.77. The Morgan fingerprint density at radius 2 is 2.07 bits per heavy atom. The van der Waals surface area contributed by atoms with Crippen molar-refractivity contribution in [2.75, 3.05) is 39.8 Å². The second-order valence-electron chi connectivity index (χ2n) is 4.95. The molecule has 2 aliphatic heterocycles. The zero-order chi connectivity index (χ0) is 10.5. The maximum Gasteiger partial charge on any atom is 0.0595 e. The van der Waals surface area contributed by atoms with Crippen molar-refractivity contribution in [2.45, 2.75) is 31.8 Å². The minimum Gasteiger partial charge on any atom is -0.381 e. The van der Waals surface area contributed by atoms with E-state index in [4.69, 9.17) is 4.74 Å². The number of likely N-dealkylation sites (tertiary alicyclic amines) is 1. The third-order valence-electron chi connectivity index (χ3n) is 3.78. The maximum absolute atomic E-state index is 5.39. The molecular weight excluding hydrogens is 188 g/mol. The van der Waals surface area contributed by atoms with Crippen LogP contribution >= 0.6 is 0 Å². The van der Waals surface area contributed by atoms with Crippen LogP contribution in [0, 0.1) is 5.92 Å². The van der Waals surface area contributed by atoms with Gasteiger partial charge in [-0.05, 0) is 44.7 Å². The van der Waals surface area contributed by atoms with E-state index < -0.39 is 0 Å². The van der Waals surface area contributed by atoms with Gasteiger partial charge in [-0.3, -0.25) is 0 Å². The zero-order valence-corrected chi connectivity index (χ0v) is 9.87. The Bertz CT molecular complexity index is 172. The Kier molecular flexibility index (Phi) is 4.42. The molecule has 15 heavy (non-hydrogen) atoms. The lowest BCUT2D eigenvalue weighted by Crippen LogP contribution is -2.43. The molecule has 0 amide bonds. The SMILES string of the molecule is COC1CCN(CC2CCCNC2)CC1. The number of piperidine rings is 2. The van der Waals surface area contributed by atoms with Crippen molar-refractivity contribution >= 4 is 0 Å². The van der Waals surface area contributed by atoms with Gasteiger partial charge in [0.2, 0.25) is 0 Å². The van der Waals surface area contributed by atoms with Gasteiger partial charge < -0.3 is 15.0 Å². The number of nitrogens with zero attached hydrogens (tertiary/aromatic N) is 1. The molecule has 1 N–H and O–H groups in total. The Labute approximate surface area is 93.2 Å². The van der Waals surface area contributed by atoms with E-state index in [2.05, 4.69) is 10.2 Å². The van der Waals surface area contributed by atoms with Crippen LogP contribution in [0.3, 0.4) is 0 Å². The van der Waals surface area contributed by atoms with Crippen LogP contribution < -0.4 is 5.32 Å². The van der Waals surface area contributed by atoms with Crippen LogP contribution in [0.1, 0.15) is 25.7 Å². The molecule has 0 spiro atoms. The lowest BCUT2D eigenvalue weighted by molar-refractivity contribution is 0.0353. The summed E-state index contributed by atoms with van der Waals surface area (Å²) in [6.45, 7) is 6.21. The van der Waals surface area contributed by atoms with E-state index in [0.29, 0.717) is 6.10 Å². The lowest BCUT2D eigenvalue weighted by Gasteiger charge is -2.34. The van der Waals surface area contributed by atoms with Crippen LogP contribution in [0.5, 0.6) is 0 Å². The van der Waals surface area contributed by atoms with Gasteiger partial charge in [0, 0.05) is 26.7 Å². The van der Waals surface area contributed by atoms with Crippen molar-refractivity contribution in [1.29, 1.82) is 0 Å². The summed E-state index contributed by atoms with van der Waals surface area (Å²) in [6.07, 6.45) is 5.73. The number of nitrogens with one attached hydrogen (secondary N) is 1. The van der Waals surface area contributed by atoms with E-state index >= 15 is 0 Å². The monoisotopic (exact) mass is 212 g/mol. The molecular formula is C12H24N2O. The Hall–Kier alpha value is -0.120. The zero-order valence-electron chi connectivity index (χ0n) is 9.87. The molecule has 2 aliphatic rings. The van der Waals surface area contributed by atoms with Crippen LogP contribution in [-0.4, -0.2) is 50.8 Å². The predicted molar refractivity (Wildman–Crippen MR) is 62.1 cm³/mol. The molecule has 0 saturated carbocycles.